The van der Waals surface area contributed by atoms with Gasteiger partial charge in [0.25, 0.3) is 0 Å². The normalized spacial score (nSPS) is 54.7. The van der Waals surface area contributed by atoms with E-state index in [0.717, 1.165) is 44.9 Å². The predicted molar refractivity (Wildman–Crippen MR) is 104 cm³/mol. The predicted octanol–water partition coefficient (Wildman–Crippen LogP) is 3.73. The Morgan fingerprint density at radius 2 is 1.70 bits per heavy atom. The molecule has 0 aliphatic heterocycles. The standard InChI is InChI=1S/C23H38O4/c1-15(24)23(26)10-8-19-17-6-5-16-13-22(25,14-27-4)12-11-20(16,2)18(17)7-9-21(19,23)3/h16-19,25-26H,5-14H2,1-4H3/t16-,17-,18?,19?,20+,21+,22-,23?/m1/s1. The van der Waals surface area contributed by atoms with E-state index >= 15 is 0 Å². The first-order valence-corrected chi connectivity index (χ1v) is 11.0. The number of ketones is 1. The number of carbonyl (C=O) groups is 1. The fourth-order valence-corrected chi connectivity index (χ4v) is 8.32. The van der Waals surface area contributed by atoms with Crippen molar-refractivity contribution < 1.29 is 19.7 Å². The zero-order valence-corrected chi connectivity index (χ0v) is 17.6. The molecule has 4 rings (SSSR count). The first kappa shape index (κ1) is 19.8. The van der Waals surface area contributed by atoms with Gasteiger partial charge in [-0.3, -0.25) is 4.79 Å². The molecule has 0 saturated heterocycles. The molecule has 4 fully saturated rings. The average molecular weight is 379 g/mol. The number of hydrogen-bond donors (Lipinski definition) is 2. The Balaban J connectivity index is 1.59. The van der Waals surface area contributed by atoms with Crippen molar-refractivity contribution in [3.63, 3.8) is 0 Å². The van der Waals surface area contributed by atoms with Gasteiger partial charge in [-0.25, -0.2) is 0 Å². The van der Waals surface area contributed by atoms with E-state index in [2.05, 4.69) is 13.8 Å². The average Bonchev–Trinajstić information content (AvgIpc) is 2.89. The fraction of sp³-hybridized carbons (Fsp3) is 0.957. The minimum absolute atomic E-state index is 0.0341. The summed E-state index contributed by atoms with van der Waals surface area (Å²) >= 11 is 0. The van der Waals surface area contributed by atoms with Crippen LogP contribution in [-0.2, 0) is 9.53 Å². The van der Waals surface area contributed by atoms with E-state index < -0.39 is 11.2 Å². The van der Waals surface area contributed by atoms with Crippen molar-refractivity contribution in [1.29, 1.82) is 0 Å². The summed E-state index contributed by atoms with van der Waals surface area (Å²) in [5.41, 5.74) is -1.75. The number of Topliss-reactive ketones (excluding diaryl/α,β-unsaturated/α-hetero) is 1. The summed E-state index contributed by atoms with van der Waals surface area (Å²) in [6.07, 6.45) is 8.80. The van der Waals surface area contributed by atoms with Gasteiger partial charge in [0.1, 0.15) is 5.60 Å². The van der Waals surface area contributed by atoms with Gasteiger partial charge >= 0.3 is 0 Å². The molecule has 0 bridgehead atoms. The molecule has 2 N–H and O–H groups in total. The third kappa shape index (κ3) is 2.62. The van der Waals surface area contributed by atoms with Crippen molar-refractivity contribution in [3.05, 3.63) is 0 Å². The summed E-state index contributed by atoms with van der Waals surface area (Å²) in [4.78, 5) is 12.3. The van der Waals surface area contributed by atoms with E-state index in [0.29, 0.717) is 36.7 Å². The highest BCUT2D eigenvalue weighted by Gasteiger charge is 2.66. The lowest BCUT2D eigenvalue weighted by Crippen LogP contribution is -2.59. The van der Waals surface area contributed by atoms with Gasteiger partial charge in [0.2, 0.25) is 0 Å². The molecule has 4 aliphatic rings. The molecule has 8 atom stereocenters. The van der Waals surface area contributed by atoms with Crippen molar-refractivity contribution >= 4 is 5.78 Å². The third-order valence-electron chi connectivity index (χ3n) is 9.97. The number of hydrogen-bond acceptors (Lipinski definition) is 4. The van der Waals surface area contributed by atoms with E-state index in [1.807, 2.05) is 0 Å². The zero-order chi connectivity index (χ0) is 19.7. The molecule has 0 radical (unpaired) electrons. The van der Waals surface area contributed by atoms with E-state index in [9.17, 15) is 15.0 Å². The lowest BCUT2D eigenvalue weighted by Gasteiger charge is -2.62. The number of carbonyl (C=O) groups excluding carboxylic acids is 1. The maximum absolute atomic E-state index is 12.3. The summed E-state index contributed by atoms with van der Waals surface area (Å²) in [6, 6.07) is 0. The third-order valence-corrected chi connectivity index (χ3v) is 9.97. The molecule has 4 aliphatic carbocycles. The lowest BCUT2D eigenvalue weighted by atomic mass is 9.43. The summed E-state index contributed by atoms with van der Waals surface area (Å²) in [6.45, 7) is 6.68. The molecule has 27 heavy (non-hydrogen) atoms. The minimum Gasteiger partial charge on any atom is -0.387 e. The second-order valence-corrected chi connectivity index (χ2v) is 10.9. The highest BCUT2D eigenvalue weighted by Crippen LogP contribution is 2.68. The molecule has 4 heteroatoms. The summed E-state index contributed by atoms with van der Waals surface area (Å²) in [7, 11) is 1.68. The van der Waals surface area contributed by atoms with Crippen molar-refractivity contribution in [1.82, 2.24) is 0 Å². The quantitative estimate of drug-likeness (QED) is 0.785. The molecule has 3 unspecified atom stereocenters. The van der Waals surface area contributed by atoms with Gasteiger partial charge in [0.15, 0.2) is 5.78 Å². The largest absolute Gasteiger partial charge is 0.387 e. The van der Waals surface area contributed by atoms with Crippen LogP contribution in [0.25, 0.3) is 0 Å². The zero-order valence-electron chi connectivity index (χ0n) is 17.6. The van der Waals surface area contributed by atoms with Crippen molar-refractivity contribution in [2.45, 2.75) is 89.8 Å². The van der Waals surface area contributed by atoms with Crippen LogP contribution >= 0.6 is 0 Å². The molecule has 0 aromatic rings. The van der Waals surface area contributed by atoms with Crippen LogP contribution in [-0.4, -0.2) is 40.9 Å². The number of rotatable bonds is 3. The number of aliphatic hydroxyl groups is 2. The minimum atomic E-state index is -1.12. The van der Waals surface area contributed by atoms with Crippen LogP contribution in [0.1, 0.15) is 78.6 Å². The van der Waals surface area contributed by atoms with Crippen LogP contribution in [0.2, 0.25) is 0 Å². The maximum Gasteiger partial charge on any atom is 0.161 e. The molecule has 0 aromatic heterocycles. The van der Waals surface area contributed by atoms with Crippen LogP contribution in [0.4, 0.5) is 0 Å². The Labute approximate surface area is 164 Å². The fourth-order valence-electron chi connectivity index (χ4n) is 8.32. The first-order valence-electron chi connectivity index (χ1n) is 11.0. The molecule has 4 saturated carbocycles. The van der Waals surface area contributed by atoms with Crippen LogP contribution in [0.15, 0.2) is 0 Å². The Morgan fingerprint density at radius 3 is 2.37 bits per heavy atom. The van der Waals surface area contributed by atoms with Crippen LogP contribution < -0.4 is 0 Å². The molecule has 154 valence electrons. The molecular formula is C23H38O4. The van der Waals surface area contributed by atoms with Gasteiger partial charge in [-0.1, -0.05) is 13.8 Å². The molecule has 0 spiro atoms. The molecular weight excluding hydrogens is 340 g/mol. The van der Waals surface area contributed by atoms with Gasteiger partial charge in [-0.2, -0.15) is 0 Å². The van der Waals surface area contributed by atoms with E-state index in [-0.39, 0.29) is 16.6 Å². The Hall–Kier alpha value is -0.450. The van der Waals surface area contributed by atoms with Crippen molar-refractivity contribution in [2.24, 2.45) is 34.5 Å². The van der Waals surface area contributed by atoms with Gasteiger partial charge in [-0.05, 0) is 93.8 Å². The Kier molecular flexibility index (Phi) is 4.61. The number of methoxy groups -OCH3 is 1. The Bertz CT molecular complexity index is 619. The highest BCUT2D eigenvalue weighted by atomic mass is 16.5. The first-order chi connectivity index (χ1) is 12.6. The van der Waals surface area contributed by atoms with Crippen molar-refractivity contribution in [2.75, 3.05) is 13.7 Å². The second-order valence-electron chi connectivity index (χ2n) is 10.9. The van der Waals surface area contributed by atoms with Crippen LogP contribution in [0.5, 0.6) is 0 Å². The van der Waals surface area contributed by atoms with Gasteiger partial charge in [0.05, 0.1) is 12.2 Å². The topological polar surface area (TPSA) is 66.8 Å². The lowest BCUT2D eigenvalue weighted by molar-refractivity contribution is -0.181. The van der Waals surface area contributed by atoms with Crippen molar-refractivity contribution in [3.8, 4) is 0 Å². The van der Waals surface area contributed by atoms with E-state index in [1.165, 1.54) is 6.42 Å². The Morgan fingerprint density at radius 1 is 1.00 bits per heavy atom. The molecule has 0 heterocycles. The smallest absolute Gasteiger partial charge is 0.161 e. The number of ether oxygens (including phenoxy) is 1. The summed E-state index contributed by atoms with van der Waals surface area (Å²) in [5.74, 6) is 2.27. The molecule has 4 nitrogen and oxygen atoms in total. The van der Waals surface area contributed by atoms with Gasteiger partial charge < -0.3 is 14.9 Å². The van der Waals surface area contributed by atoms with E-state index in [1.54, 1.807) is 14.0 Å². The monoisotopic (exact) mass is 378 g/mol. The SMILES string of the molecule is COC[C@@]1(O)CC[C@]2(C)C3CC[C@@]4(C)C(CCC4(O)C(C)=O)[C@@H]3CC[C@@H]2C1. The maximum atomic E-state index is 12.3. The highest BCUT2D eigenvalue weighted by molar-refractivity contribution is 5.86. The second kappa shape index (κ2) is 6.27. The van der Waals surface area contributed by atoms with Crippen LogP contribution in [0, 0.1) is 34.5 Å². The summed E-state index contributed by atoms with van der Waals surface area (Å²) < 4.78 is 5.31. The summed E-state index contributed by atoms with van der Waals surface area (Å²) in [5, 5.41) is 22.2. The number of fused-ring (bicyclic) bond motifs is 5. The van der Waals surface area contributed by atoms with E-state index in [4.69, 9.17) is 4.74 Å². The van der Waals surface area contributed by atoms with Gasteiger partial charge in [0, 0.05) is 12.5 Å². The van der Waals surface area contributed by atoms with Gasteiger partial charge in [-0.15, -0.1) is 0 Å². The molecule has 0 aromatic carbocycles. The molecule has 0 amide bonds. The van der Waals surface area contributed by atoms with Crippen LogP contribution in [0.3, 0.4) is 0 Å².